The molecular weight excluding hydrogens is 284 g/mol. The van der Waals surface area contributed by atoms with Gasteiger partial charge in [-0.2, -0.15) is 0 Å². The van der Waals surface area contributed by atoms with E-state index in [4.69, 9.17) is 0 Å². The van der Waals surface area contributed by atoms with Crippen LogP contribution in [-0.2, 0) is 0 Å². The monoisotopic (exact) mass is 308 g/mol. The molecule has 0 saturated heterocycles. The minimum Gasteiger partial charge on any atom is -0.285 e. The van der Waals surface area contributed by atoms with E-state index >= 15 is 0 Å². The maximum atomic E-state index is 12.2. The zero-order valence-corrected chi connectivity index (χ0v) is 13.9. The molecule has 1 aromatic carbocycles. The molecule has 22 heavy (non-hydrogen) atoms. The van der Waals surface area contributed by atoms with Crippen molar-refractivity contribution in [1.29, 1.82) is 0 Å². The zero-order valence-electron chi connectivity index (χ0n) is 13.9. The molecular formula is C16H24N2O4. The second-order valence-corrected chi connectivity index (χ2v) is 7.16. The maximum Gasteiger partial charge on any atom is 0.277 e. The van der Waals surface area contributed by atoms with Crippen molar-refractivity contribution in [2.45, 2.75) is 52.6 Å². The van der Waals surface area contributed by atoms with Gasteiger partial charge in [-0.25, -0.2) is 10.1 Å². The third-order valence-electron chi connectivity index (χ3n) is 3.01. The van der Waals surface area contributed by atoms with Crippen molar-refractivity contribution < 1.29 is 20.0 Å². The van der Waals surface area contributed by atoms with Crippen LogP contribution in [0.2, 0.25) is 0 Å². The first-order valence-corrected chi connectivity index (χ1v) is 7.02. The van der Waals surface area contributed by atoms with Crippen LogP contribution in [0.4, 0.5) is 0 Å². The Morgan fingerprint density at radius 1 is 0.818 bits per heavy atom. The summed E-state index contributed by atoms with van der Waals surface area (Å²) in [6, 6.07) is 5.90. The molecule has 0 saturated carbocycles. The van der Waals surface area contributed by atoms with Gasteiger partial charge in [-0.3, -0.25) is 20.0 Å². The molecule has 1 rings (SSSR count). The fourth-order valence-electron chi connectivity index (χ4n) is 1.64. The molecule has 122 valence electrons. The van der Waals surface area contributed by atoms with Crippen LogP contribution in [0.5, 0.6) is 0 Å². The van der Waals surface area contributed by atoms with Gasteiger partial charge in [0.25, 0.3) is 11.8 Å². The average Bonchev–Trinajstić information content (AvgIpc) is 2.42. The lowest BCUT2D eigenvalue weighted by molar-refractivity contribution is -0.115. The summed E-state index contributed by atoms with van der Waals surface area (Å²) in [5.41, 5.74) is -1.17. The largest absolute Gasteiger partial charge is 0.285 e. The van der Waals surface area contributed by atoms with Gasteiger partial charge in [0, 0.05) is 11.1 Å². The van der Waals surface area contributed by atoms with Gasteiger partial charge < -0.3 is 0 Å². The lowest BCUT2D eigenvalue weighted by Gasteiger charge is -2.30. The van der Waals surface area contributed by atoms with Crippen LogP contribution in [-0.4, -0.2) is 43.4 Å². The van der Waals surface area contributed by atoms with E-state index in [1.807, 2.05) is 0 Å². The Labute approximate surface area is 130 Å². The molecule has 2 N–H and O–H groups in total. The number of benzene rings is 1. The van der Waals surface area contributed by atoms with Crippen molar-refractivity contribution in [2.24, 2.45) is 0 Å². The highest BCUT2D eigenvalue weighted by Crippen LogP contribution is 2.18. The Morgan fingerprint density at radius 2 is 1.14 bits per heavy atom. The van der Waals surface area contributed by atoms with Crippen molar-refractivity contribution in [3.05, 3.63) is 35.4 Å². The summed E-state index contributed by atoms with van der Waals surface area (Å²) in [4.78, 5) is 24.4. The van der Waals surface area contributed by atoms with E-state index in [-0.39, 0.29) is 11.1 Å². The highest BCUT2D eigenvalue weighted by molar-refractivity contribution is 5.99. The standard InChI is InChI=1S/C16H24N2O4/c1-15(2,3)17(21)13(19)11-8-7-9-12(10-11)14(20)18(22)16(4,5)6/h7-10,21-22H,1-6H3. The number of nitrogens with zero attached hydrogens (tertiary/aromatic N) is 2. The first kappa shape index (κ1) is 18.1. The van der Waals surface area contributed by atoms with Gasteiger partial charge in [-0.1, -0.05) is 6.07 Å². The van der Waals surface area contributed by atoms with Crippen molar-refractivity contribution in [2.75, 3.05) is 0 Å². The first-order valence-electron chi connectivity index (χ1n) is 7.02. The number of amides is 2. The molecule has 0 fully saturated rings. The molecule has 0 aliphatic carbocycles. The van der Waals surface area contributed by atoms with E-state index in [2.05, 4.69) is 0 Å². The van der Waals surface area contributed by atoms with E-state index in [9.17, 15) is 20.0 Å². The van der Waals surface area contributed by atoms with Gasteiger partial charge in [-0.05, 0) is 59.7 Å². The van der Waals surface area contributed by atoms with Crippen LogP contribution >= 0.6 is 0 Å². The predicted molar refractivity (Wildman–Crippen MR) is 81.9 cm³/mol. The molecule has 0 bridgehead atoms. The Hall–Kier alpha value is -1.92. The summed E-state index contributed by atoms with van der Waals surface area (Å²) in [5, 5.41) is 21.1. The predicted octanol–water partition coefficient (Wildman–Crippen LogP) is 2.95. The number of carbonyl (C=O) groups excluding carboxylic acids is 2. The molecule has 1 aromatic rings. The second kappa shape index (κ2) is 6.06. The van der Waals surface area contributed by atoms with Crippen LogP contribution in [0.1, 0.15) is 62.3 Å². The summed E-state index contributed by atoms with van der Waals surface area (Å²) in [6.07, 6.45) is 0. The van der Waals surface area contributed by atoms with Gasteiger partial charge in [0.2, 0.25) is 0 Å². The Kier molecular flexibility index (Phi) is 4.99. The minimum absolute atomic E-state index is 0.172. The van der Waals surface area contributed by atoms with E-state index in [1.54, 1.807) is 41.5 Å². The maximum absolute atomic E-state index is 12.2. The molecule has 0 aliphatic rings. The summed E-state index contributed by atoms with van der Waals surface area (Å²) in [5.74, 6) is -1.22. The van der Waals surface area contributed by atoms with E-state index < -0.39 is 22.9 Å². The fraction of sp³-hybridized carbons (Fsp3) is 0.500. The first-order chi connectivity index (χ1) is 9.85. The fourth-order valence-corrected chi connectivity index (χ4v) is 1.64. The molecule has 0 atom stereocenters. The van der Waals surface area contributed by atoms with Crippen LogP contribution in [0, 0.1) is 0 Å². The highest BCUT2D eigenvalue weighted by Gasteiger charge is 2.28. The van der Waals surface area contributed by atoms with Crippen LogP contribution in [0.25, 0.3) is 0 Å². The van der Waals surface area contributed by atoms with Crippen LogP contribution in [0.15, 0.2) is 24.3 Å². The molecule has 0 unspecified atom stereocenters. The number of carbonyl (C=O) groups is 2. The van der Waals surface area contributed by atoms with Gasteiger partial charge in [0.05, 0.1) is 11.1 Å². The highest BCUT2D eigenvalue weighted by atomic mass is 16.5. The number of hydrogen-bond acceptors (Lipinski definition) is 4. The molecule has 6 nitrogen and oxygen atoms in total. The molecule has 6 heteroatoms. The van der Waals surface area contributed by atoms with Gasteiger partial charge >= 0.3 is 0 Å². The molecule has 0 aliphatic heterocycles. The van der Waals surface area contributed by atoms with E-state index in [1.165, 1.54) is 24.3 Å². The van der Waals surface area contributed by atoms with Gasteiger partial charge in [0.1, 0.15) is 0 Å². The lowest BCUT2D eigenvalue weighted by atomic mass is 10.0. The van der Waals surface area contributed by atoms with Gasteiger partial charge in [0.15, 0.2) is 0 Å². The number of hydroxylamine groups is 4. The van der Waals surface area contributed by atoms with E-state index in [0.29, 0.717) is 10.1 Å². The van der Waals surface area contributed by atoms with Crippen molar-refractivity contribution >= 4 is 11.8 Å². The average molecular weight is 308 g/mol. The molecule has 0 heterocycles. The Morgan fingerprint density at radius 3 is 1.41 bits per heavy atom. The second-order valence-electron chi connectivity index (χ2n) is 7.16. The quantitative estimate of drug-likeness (QED) is 0.650. The van der Waals surface area contributed by atoms with Crippen LogP contribution < -0.4 is 0 Å². The Balaban J connectivity index is 3.10. The molecule has 0 spiro atoms. The third kappa shape index (κ3) is 4.05. The van der Waals surface area contributed by atoms with Crippen molar-refractivity contribution in [3.8, 4) is 0 Å². The summed E-state index contributed by atoms with van der Waals surface area (Å²) < 4.78 is 0. The molecule has 0 aromatic heterocycles. The normalized spacial score (nSPS) is 12.0. The van der Waals surface area contributed by atoms with Gasteiger partial charge in [-0.15, -0.1) is 0 Å². The summed E-state index contributed by atoms with van der Waals surface area (Å²) in [7, 11) is 0. The van der Waals surface area contributed by atoms with Crippen LogP contribution in [0.3, 0.4) is 0 Å². The molecule has 0 radical (unpaired) electrons. The minimum atomic E-state index is -0.758. The molecule has 2 amide bonds. The zero-order chi connectivity index (χ0) is 17.3. The summed E-state index contributed by atoms with van der Waals surface area (Å²) >= 11 is 0. The van der Waals surface area contributed by atoms with Crippen molar-refractivity contribution in [1.82, 2.24) is 10.1 Å². The number of rotatable bonds is 2. The number of hydrogen-bond donors (Lipinski definition) is 2. The topological polar surface area (TPSA) is 81.1 Å². The smallest absolute Gasteiger partial charge is 0.277 e. The summed E-state index contributed by atoms with van der Waals surface area (Å²) in [6.45, 7) is 10.1. The lowest BCUT2D eigenvalue weighted by Crippen LogP contribution is -2.44. The third-order valence-corrected chi connectivity index (χ3v) is 3.01. The SMILES string of the molecule is CC(C)(C)N(O)C(=O)c1cccc(C(=O)N(O)C(C)(C)C)c1. The van der Waals surface area contributed by atoms with Crippen molar-refractivity contribution in [3.63, 3.8) is 0 Å². The Bertz CT molecular complexity index is 523. The van der Waals surface area contributed by atoms with E-state index in [0.717, 1.165) is 0 Å².